The van der Waals surface area contributed by atoms with Crippen LogP contribution in [0.4, 0.5) is 10.8 Å². The number of thiazole rings is 1. The van der Waals surface area contributed by atoms with Crippen molar-refractivity contribution in [3.05, 3.63) is 89.0 Å². The molecule has 4 nitrogen and oxygen atoms in total. The van der Waals surface area contributed by atoms with E-state index < -0.39 is 0 Å². The maximum Gasteiger partial charge on any atom is 0.187 e. The molecule has 0 amide bonds. The number of aryl methyl sites for hydroxylation is 2. The summed E-state index contributed by atoms with van der Waals surface area (Å²) >= 11 is 1.59. The lowest BCUT2D eigenvalue weighted by Gasteiger charge is -2.06. The first-order valence-electron chi connectivity index (χ1n) is 10.2. The van der Waals surface area contributed by atoms with Crippen LogP contribution in [0.1, 0.15) is 30.7 Å². The first-order valence-corrected chi connectivity index (χ1v) is 11.1. The van der Waals surface area contributed by atoms with Crippen LogP contribution < -0.4 is 5.32 Å². The van der Waals surface area contributed by atoms with Crippen LogP contribution in [0.25, 0.3) is 28.0 Å². The molecule has 4 aromatic rings. The highest BCUT2D eigenvalue weighted by molar-refractivity contribution is 7.13. The molecule has 2 aromatic heterocycles. The summed E-state index contributed by atoms with van der Waals surface area (Å²) in [4.78, 5) is 13.0. The van der Waals surface area contributed by atoms with Gasteiger partial charge in [-0.05, 0) is 51.5 Å². The molecule has 0 radical (unpaired) electrons. The molecule has 5 heteroatoms. The standard InChI is InChI=1S/C26H26N4S/c1-6-8-19(11-16(2)3)24-15-31-26(30-24)29-21-14-23-22(13-18(21)5)27-25(28-23)20-10-7-9-17(4)12-20/h6-15H,1H2,2-5H3,(H,27,28)(H,29,30)/b19-8+. The second kappa shape index (κ2) is 8.74. The number of anilines is 2. The summed E-state index contributed by atoms with van der Waals surface area (Å²) in [5, 5.41) is 6.39. The third-order valence-electron chi connectivity index (χ3n) is 4.90. The third-order valence-corrected chi connectivity index (χ3v) is 5.66. The van der Waals surface area contributed by atoms with Gasteiger partial charge in [0.1, 0.15) is 5.82 Å². The van der Waals surface area contributed by atoms with Gasteiger partial charge in [0.05, 0.1) is 16.7 Å². The molecule has 31 heavy (non-hydrogen) atoms. The molecule has 0 unspecified atom stereocenters. The normalized spacial score (nSPS) is 11.5. The number of hydrogen-bond donors (Lipinski definition) is 2. The summed E-state index contributed by atoms with van der Waals surface area (Å²) in [6.45, 7) is 12.2. The molecule has 0 aliphatic heterocycles. The fraction of sp³-hybridized carbons (Fsp3) is 0.154. The molecule has 0 saturated heterocycles. The molecule has 0 bridgehead atoms. The number of aromatic nitrogens is 3. The maximum atomic E-state index is 4.82. The zero-order valence-corrected chi connectivity index (χ0v) is 19.1. The van der Waals surface area contributed by atoms with E-state index in [4.69, 9.17) is 9.97 Å². The largest absolute Gasteiger partial charge is 0.338 e. The van der Waals surface area contributed by atoms with Crippen LogP contribution >= 0.6 is 11.3 Å². The molecule has 0 aliphatic rings. The van der Waals surface area contributed by atoms with Gasteiger partial charge in [0.15, 0.2) is 5.13 Å². The zero-order chi connectivity index (χ0) is 22.0. The number of benzene rings is 2. The predicted molar refractivity (Wildman–Crippen MR) is 134 cm³/mol. The van der Waals surface area contributed by atoms with E-state index in [0.29, 0.717) is 0 Å². The molecule has 0 spiro atoms. The van der Waals surface area contributed by atoms with Crippen LogP contribution in [0.15, 0.2) is 72.2 Å². The molecular formula is C26H26N4S. The average Bonchev–Trinajstić information content (AvgIpc) is 3.34. The van der Waals surface area contributed by atoms with E-state index >= 15 is 0 Å². The fourth-order valence-corrected chi connectivity index (χ4v) is 4.19. The minimum atomic E-state index is 0.851. The van der Waals surface area contributed by atoms with E-state index in [2.05, 4.69) is 92.4 Å². The van der Waals surface area contributed by atoms with Crippen molar-refractivity contribution in [1.29, 1.82) is 0 Å². The fourth-order valence-electron chi connectivity index (χ4n) is 3.45. The van der Waals surface area contributed by atoms with E-state index in [9.17, 15) is 0 Å². The Balaban J connectivity index is 1.64. The number of nitrogens with one attached hydrogen (secondary N) is 2. The van der Waals surface area contributed by atoms with E-state index in [0.717, 1.165) is 50.1 Å². The summed E-state index contributed by atoms with van der Waals surface area (Å²) in [6.07, 6.45) is 5.90. The number of imidazole rings is 1. The summed E-state index contributed by atoms with van der Waals surface area (Å²) in [7, 11) is 0. The first-order chi connectivity index (χ1) is 14.9. The quantitative estimate of drug-likeness (QED) is 0.312. The molecule has 0 saturated carbocycles. The van der Waals surface area contributed by atoms with Gasteiger partial charge in [-0.2, -0.15) is 0 Å². The van der Waals surface area contributed by atoms with Gasteiger partial charge in [0.2, 0.25) is 0 Å². The van der Waals surface area contributed by atoms with Crippen molar-refractivity contribution in [3.63, 3.8) is 0 Å². The van der Waals surface area contributed by atoms with Gasteiger partial charge < -0.3 is 10.3 Å². The van der Waals surface area contributed by atoms with Gasteiger partial charge in [-0.15, -0.1) is 11.3 Å². The van der Waals surface area contributed by atoms with Crippen molar-refractivity contribution >= 4 is 38.8 Å². The Bertz CT molecular complexity index is 1320. The smallest absolute Gasteiger partial charge is 0.187 e. The van der Waals surface area contributed by atoms with Crippen LogP contribution in [-0.4, -0.2) is 15.0 Å². The lowest BCUT2D eigenvalue weighted by atomic mass is 10.1. The van der Waals surface area contributed by atoms with Crippen LogP contribution in [-0.2, 0) is 0 Å². The third kappa shape index (κ3) is 4.67. The van der Waals surface area contributed by atoms with E-state index in [1.807, 2.05) is 6.08 Å². The molecule has 4 rings (SSSR count). The van der Waals surface area contributed by atoms with Crippen molar-refractivity contribution in [2.24, 2.45) is 0 Å². The number of fused-ring (bicyclic) bond motifs is 1. The molecule has 0 fully saturated rings. The highest BCUT2D eigenvalue weighted by Crippen LogP contribution is 2.30. The van der Waals surface area contributed by atoms with Crippen molar-refractivity contribution in [2.75, 3.05) is 5.32 Å². The lowest BCUT2D eigenvalue weighted by molar-refractivity contribution is 1.32. The zero-order valence-electron chi connectivity index (χ0n) is 18.3. The Hall–Kier alpha value is -3.44. The van der Waals surface area contributed by atoms with Gasteiger partial charge in [-0.25, -0.2) is 9.97 Å². The van der Waals surface area contributed by atoms with Crippen LogP contribution in [0.2, 0.25) is 0 Å². The van der Waals surface area contributed by atoms with E-state index in [1.54, 1.807) is 17.4 Å². The topological polar surface area (TPSA) is 53.6 Å². The van der Waals surface area contributed by atoms with Gasteiger partial charge in [0.25, 0.3) is 0 Å². The molecule has 2 N–H and O–H groups in total. The Morgan fingerprint density at radius 1 is 1.13 bits per heavy atom. The lowest BCUT2D eigenvalue weighted by Crippen LogP contribution is -1.93. The van der Waals surface area contributed by atoms with E-state index in [-0.39, 0.29) is 0 Å². The van der Waals surface area contributed by atoms with Crippen LogP contribution in [0.5, 0.6) is 0 Å². The van der Waals surface area contributed by atoms with Crippen molar-refractivity contribution in [3.8, 4) is 11.4 Å². The van der Waals surface area contributed by atoms with Gasteiger partial charge in [-0.3, -0.25) is 0 Å². The van der Waals surface area contributed by atoms with Crippen molar-refractivity contribution in [2.45, 2.75) is 27.7 Å². The van der Waals surface area contributed by atoms with Crippen LogP contribution in [0, 0.1) is 13.8 Å². The number of H-pyrrole nitrogens is 1. The number of nitrogens with zero attached hydrogens (tertiary/aromatic N) is 2. The Morgan fingerprint density at radius 2 is 1.97 bits per heavy atom. The molecule has 0 aliphatic carbocycles. The second-order valence-electron chi connectivity index (χ2n) is 7.88. The van der Waals surface area contributed by atoms with Crippen molar-refractivity contribution < 1.29 is 0 Å². The summed E-state index contributed by atoms with van der Waals surface area (Å²) < 4.78 is 0. The monoisotopic (exact) mass is 426 g/mol. The summed E-state index contributed by atoms with van der Waals surface area (Å²) in [6, 6.07) is 12.6. The van der Waals surface area contributed by atoms with Gasteiger partial charge in [0, 0.05) is 22.2 Å². The minimum Gasteiger partial charge on any atom is -0.338 e. The molecular weight excluding hydrogens is 400 g/mol. The molecule has 0 atom stereocenters. The Labute approximate surface area is 187 Å². The number of aromatic amines is 1. The Kier molecular flexibility index (Phi) is 5.87. The summed E-state index contributed by atoms with van der Waals surface area (Å²) in [5.74, 6) is 0.882. The minimum absolute atomic E-state index is 0.851. The predicted octanol–water partition coefficient (Wildman–Crippen LogP) is 7.58. The van der Waals surface area contributed by atoms with Crippen molar-refractivity contribution in [1.82, 2.24) is 15.0 Å². The number of hydrogen-bond acceptors (Lipinski definition) is 4. The summed E-state index contributed by atoms with van der Waals surface area (Å²) in [5.41, 5.74) is 9.62. The Morgan fingerprint density at radius 3 is 2.71 bits per heavy atom. The molecule has 2 heterocycles. The van der Waals surface area contributed by atoms with Gasteiger partial charge >= 0.3 is 0 Å². The maximum absolute atomic E-state index is 4.82. The second-order valence-corrected chi connectivity index (χ2v) is 8.74. The number of allylic oxidation sites excluding steroid dienone is 5. The highest BCUT2D eigenvalue weighted by atomic mass is 32.1. The average molecular weight is 427 g/mol. The molecule has 156 valence electrons. The van der Waals surface area contributed by atoms with Gasteiger partial charge in [-0.1, -0.05) is 54.1 Å². The van der Waals surface area contributed by atoms with E-state index in [1.165, 1.54) is 11.1 Å². The first kappa shape index (κ1) is 20.8. The van der Waals surface area contributed by atoms with Crippen LogP contribution in [0.3, 0.4) is 0 Å². The SMILES string of the molecule is C=C/C=C(\C=C(C)C)c1csc(Nc2cc3nc(-c4cccc(C)c4)[nH]c3cc2C)n1. The highest BCUT2D eigenvalue weighted by Gasteiger charge is 2.11. The molecule has 2 aromatic carbocycles. The number of rotatable bonds is 6.